The summed E-state index contributed by atoms with van der Waals surface area (Å²) in [6, 6.07) is 7.93. The third-order valence-corrected chi connectivity index (χ3v) is 7.10. The highest BCUT2D eigenvalue weighted by Crippen LogP contribution is 2.43. The molecule has 0 unspecified atom stereocenters. The molecule has 8 heteroatoms. The molecule has 1 aliphatic rings. The van der Waals surface area contributed by atoms with Gasteiger partial charge in [-0.25, -0.2) is 0 Å². The van der Waals surface area contributed by atoms with E-state index in [1.807, 2.05) is 35.7 Å². The van der Waals surface area contributed by atoms with E-state index in [1.165, 1.54) is 35.3 Å². The number of hydrogen-bond donors (Lipinski definition) is 2. The molecule has 0 aromatic heterocycles. The van der Waals surface area contributed by atoms with Crippen molar-refractivity contribution < 1.29 is 19.4 Å². The first-order valence-electron chi connectivity index (χ1n) is 7.67. The van der Waals surface area contributed by atoms with Gasteiger partial charge in [0.25, 0.3) is 5.91 Å². The van der Waals surface area contributed by atoms with Gasteiger partial charge in [-0.3, -0.25) is 9.59 Å². The van der Waals surface area contributed by atoms with Crippen molar-refractivity contribution in [2.24, 2.45) is 0 Å². The molecule has 1 saturated heterocycles. The number of carbonyl (C=O) groups excluding carboxylic acids is 1. The summed E-state index contributed by atoms with van der Waals surface area (Å²) in [5, 5.41) is 11.2. The number of benzene rings is 1. The second-order valence-electron chi connectivity index (χ2n) is 5.08. The number of thioether (sulfide) groups is 3. The number of carboxylic acid groups (broad SMARTS) is 1. The summed E-state index contributed by atoms with van der Waals surface area (Å²) >= 11 is 5.22. The minimum Gasteiger partial charge on any atom is -0.484 e. The SMILES string of the molecule is O=C(O)CSCCNC(=O)COc1ccc(C2SCCCS2)cc1. The van der Waals surface area contributed by atoms with Gasteiger partial charge in [0, 0.05) is 12.3 Å². The maximum absolute atomic E-state index is 11.7. The molecule has 132 valence electrons. The number of ether oxygens (including phenoxy) is 1. The van der Waals surface area contributed by atoms with Crippen LogP contribution in [0.5, 0.6) is 5.75 Å². The molecule has 1 aliphatic heterocycles. The number of rotatable bonds is 9. The third-order valence-electron chi connectivity index (χ3n) is 3.14. The minimum atomic E-state index is -0.844. The predicted octanol–water partition coefficient (Wildman–Crippen LogP) is 2.87. The maximum Gasteiger partial charge on any atom is 0.313 e. The van der Waals surface area contributed by atoms with Gasteiger partial charge in [0.15, 0.2) is 6.61 Å². The average Bonchev–Trinajstić information content (AvgIpc) is 2.60. The molecule has 0 spiro atoms. The second-order valence-corrected chi connectivity index (χ2v) is 8.91. The highest BCUT2D eigenvalue weighted by atomic mass is 32.2. The summed E-state index contributed by atoms with van der Waals surface area (Å²) in [6.07, 6.45) is 1.27. The molecule has 2 rings (SSSR count). The Morgan fingerprint density at radius 2 is 1.96 bits per heavy atom. The van der Waals surface area contributed by atoms with Crippen molar-refractivity contribution in [2.45, 2.75) is 11.0 Å². The Kier molecular flexibility index (Phi) is 8.69. The van der Waals surface area contributed by atoms with E-state index in [9.17, 15) is 9.59 Å². The first-order valence-corrected chi connectivity index (χ1v) is 10.9. The van der Waals surface area contributed by atoms with E-state index in [2.05, 4.69) is 17.4 Å². The van der Waals surface area contributed by atoms with Crippen LogP contribution in [0.4, 0.5) is 0 Å². The zero-order valence-corrected chi connectivity index (χ0v) is 15.7. The third kappa shape index (κ3) is 7.27. The summed E-state index contributed by atoms with van der Waals surface area (Å²) in [5.41, 5.74) is 1.29. The number of hydrogen-bond acceptors (Lipinski definition) is 6. The quantitative estimate of drug-likeness (QED) is 0.631. The van der Waals surface area contributed by atoms with E-state index in [1.54, 1.807) is 0 Å². The van der Waals surface area contributed by atoms with Gasteiger partial charge in [0.1, 0.15) is 5.75 Å². The van der Waals surface area contributed by atoms with Gasteiger partial charge in [-0.2, -0.15) is 0 Å². The summed E-state index contributed by atoms with van der Waals surface area (Å²) in [4.78, 5) is 22.0. The Hall–Kier alpha value is -0.990. The van der Waals surface area contributed by atoms with Crippen LogP contribution >= 0.6 is 35.3 Å². The van der Waals surface area contributed by atoms with E-state index >= 15 is 0 Å². The lowest BCUT2D eigenvalue weighted by atomic mass is 10.2. The lowest BCUT2D eigenvalue weighted by Crippen LogP contribution is -2.30. The highest BCUT2D eigenvalue weighted by molar-refractivity contribution is 8.16. The topological polar surface area (TPSA) is 75.6 Å². The number of aliphatic carboxylic acids is 1. The average molecular weight is 388 g/mol. The molecule has 0 bridgehead atoms. The Bertz CT molecular complexity index is 533. The van der Waals surface area contributed by atoms with Gasteiger partial charge in [0.2, 0.25) is 0 Å². The van der Waals surface area contributed by atoms with Crippen LogP contribution in [0.1, 0.15) is 16.6 Å². The van der Waals surface area contributed by atoms with Crippen LogP contribution < -0.4 is 10.1 Å². The number of carbonyl (C=O) groups is 2. The molecular formula is C16H21NO4S3. The van der Waals surface area contributed by atoms with Gasteiger partial charge in [-0.15, -0.1) is 35.3 Å². The second kappa shape index (κ2) is 10.8. The Balaban J connectivity index is 1.64. The summed E-state index contributed by atoms with van der Waals surface area (Å²) in [7, 11) is 0. The maximum atomic E-state index is 11.7. The smallest absolute Gasteiger partial charge is 0.313 e. The van der Waals surface area contributed by atoms with Crippen LogP contribution in [-0.4, -0.2) is 53.1 Å². The Morgan fingerprint density at radius 1 is 1.25 bits per heavy atom. The van der Waals surface area contributed by atoms with Gasteiger partial charge in [-0.05, 0) is 35.6 Å². The van der Waals surface area contributed by atoms with Crippen molar-refractivity contribution in [3.63, 3.8) is 0 Å². The van der Waals surface area contributed by atoms with Crippen molar-refractivity contribution in [1.29, 1.82) is 0 Å². The van der Waals surface area contributed by atoms with E-state index in [0.29, 0.717) is 22.6 Å². The van der Waals surface area contributed by atoms with Crippen LogP contribution in [0.2, 0.25) is 0 Å². The lowest BCUT2D eigenvalue weighted by Gasteiger charge is -2.21. The molecule has 0 saturated carbocycles. The van der Waals surface area contributed by atoms with Gasteiger partial charge in [0.05, 0.1) is 10.3 Å². The monoisotopic (exact) mass is 387 g/mol. The summed E-state index contributed by atoms with van der Waals surface area (Å²) in [5.74, 6) is 2.68. The van der Waals surface area contributed by atoms with Crippen molar-refractivity contribution in [3.05, 3.63) is 29.8 Å². The number of amides is 1. The highest BCUT2D eigenvalue weighted by Gasteiger charge is 2.16. The Morgan fingerprint density at radius 3 is 2.62 bits per heavy atom. The van der Waals surface area contributed by atoms with Crippen LogP contribution in [0, 0.1) is 0 Å². The van der Waals surface area contributed by atoms with Gasteiger partial charge < -0.3 is 15.2 Å². The lowest BCUT2D eigenvalue weighted by molar-refractivity contribution is -0.133. The van der Waals surface area contributed by atoms with Crippen LogP contribution in [-0.2, 0) is 9.59 Å². The predicted molar refractivity (Wildman–Crippen MR) is 102 cm³/mol. The molecule has 1 heterocycles. The van der Waals surface area contributed by atoms with Gasteiger partial charge >= 0.3 is 5.97 Å². The molecule has 1 aromatic rings. The minimum absolute atomic E-state index is 0.0319. The van der Waals surface area contributed by atoms with Crippen molar-refractivity contribution >= 4 is 47.2 Å². The first kappa shape index (κ1) is 19.3. The molecule has 1 amide bonds. The van der Waals surface area contributed by atoms with Crippen LogP contribution in [0.3, 0.4) is 0 Å². The first-order chi connectivity index (χ1) is 11.6. The fourth-order valence-corrected chi connectivity index (χ4v) is 5.48. The molecule has 1 aromatic carbocycles. The number of nitrogens with one attached hydrogen (secondary N) is 1. The normalized spacial score (nSPS) is 15.0. The zero-order valence-electron chi connectivity index (χ0n) is 13.2. The van der Waals surface area contributed by atoms with Crippen LogP contribution in [0.15, 0.2) is 24.3 Å². The van der Waals surface area contributed by atoms with E-state index in [4.69, 9.17) is 9.84 Å². The fraction of sp³-hybridized carbons (Fsp3) is 0.500. The standard InChI is InChI=1S/C16H21NO4S3/c18-14(17-6-9-22-11-15(19)20)10-21-13-4-2-12(3-5-13)16-23-7-1-8-24-16/h2-5,16H,1,6-11H2,(H,17,18)(H,19,20). The van der Waals surface area contributed by atoms with Crippen molar-refractivity contribution in [3.8, 4) is 5.75 Å². The molecule has 24 heavy (non-hydrogen) atoms. The van der Waals surface area contributed by atoms with Crippen molar-refractivity contribution in [2.75, 3.05) is 36.2 Å². The molecule has 1 fully saturated rings. The molecule has 0 atom stereocenters. The van der Waals surface area contributed by atoms with Crippen molar-refractivity contribution in [1.82, 2.24) is 5.32 Å². The molecule has 0 radical (unpaired) electrons. The van der Waals surface area contributed by atoms with E-state index < -0.39 is 5.97 Å². The molecular weight excluding hydrogens is 366 g/mol. The summed E-state index contributed by atoms with van der Waals surface area (Å²) in [6.45, 7) is 0.408. The van der Waals surface area contributed by atoms with Crippen LogP contribution in [0.25, 0.3) is 0 Å². The zero-order chi connectivity index (χ0) is 17.2. The molecule has 5 nitrogen and oxygen atoms in total. The number of carboxylic acids is 1. The molecule has 0 aliphatic carbocycles. The van der Waals surface area contributed by atoms with E-state index in [0.717, 1.165) is 0 Å². The largest absolute Gasteiger partial charge is 0.484 e. The Labute approximate surface area is 154 Å². The van der Waals surface area contributed by atoms with E-state index in [-0.39, 0.29) is 18.3 Å². The van der Waals surface area contributed by atoms with Gasteiger partial charge in [-0.1, -0.05) is 12.1 Å². The summed E-state index contributed by atoms with van der Waals surface area (Å²) < 4.78 is 5.98. The molecule has 2 N–H and O–H groups in total. The fourth-order valence-electron chi connectivity index (χ4n) is 2.02.